The van der Waals surface area contributed by atoms with Crippen LogP contribution in [0.25, 0.3) is 0 Å². The van der Waals surface area contributed by atoms with Crippen LogP contribution in [0.15, 0.2) is 29.2 Å². The summed E-state index contributed by atoms with van der Waals surface area (Å²) in [6, 6.07) is 7.20. The average Bonchev–Trinajstić information content (AvgIpc) is 2.76. The molecule has 1 aliphatic rings. The van der Waals surface area contributed by atoms with Crippen LogP contribution >= 0.6 is 0 Å². The number of nitrogens with zero attached hydrogens (tertiary/aromatic N) is 2. The second-order valence-corrected chi connectivity index (χ2v) is 6.93. The van der Waals surface area contributed by atoms with Crippen LogP contribution in [-0.4, -0.2) is 45.9 Å². The van der Waals surface area contributed by atoms with Gasteiger partial charge in [-0.25, -0.2) is 12.7 Å². The highest BCUT2D eigenvalue weighted by Crippen LogP contribution is 2.22. The fourth-order valence-electron chi connectivity index (χ4n) is 2.06. The highest BCUT2D eigenvalue weighted by molar-refractivity contribution is 7.89. The monoisotopic (exact) mass is 269 g/mol. The molecule has 5 nitrogen and oxygen atoms in total. The summed E-state index contributed by atoms with van der Waals surface area (Å²) in [6.07, 6.45) is 0.984. The van der Waals surface area contributed by atoms with Gasteiger partial charge in [0.25, 0.3) is 0 Å². The van der Waals surface area contributed by atoms with Crippen molar-refractivity contribution in [1.82, 2.24) is 4.31 Å². The maximum atomic E-state index is 11.9. The number of rotatable bonds is 3. The highest BCUT2D eigenvalue weighted by atomic mass is 32.2. The maximum absolute atomic E-state index is 11.9. The molecule has 0 bridgehead atoms. The SMILES string of the molecule is CN(C)S(=O)(=O)c1ccc(N2CCC(N)C2)cc1. The summed E-state index contributed by atoms with van der Waals surface area (Å²) in [4.78, 5) is 2.50. The van der Waals surface area contributed by atoms with Crippen LogP contribution in [-0.2, 0) is 10.0 Å². The Morgan fingerprint density at radius 2 is 1.89 bits per heavy atom. The molecule has 100 valence electrons. The quantitative estimate of drug-likeness (QED) is 0.866. The van der Waals surface area contributed by atoms with Crippen molar-refractivity contribution < 1.29 is 8.42 Å². The zero-order valence-electron chi connectivity index (χ0n) is 10.7. The molecule has 1 unspecified atom stereocenters. The fourth-order valence-corrected chi connectivity index (χ4v) is 2.96. The van der Waals surface area contributed by atoms with E-state index in [1.807, 2.05) is 12.1 Å². The van der Waals surface area contributed by atoms with E-state index in [0.29, 0.717) is 4.90 Å². The van der Waals surface area contributed by atoms with Crippen LogP contribution in [0.3, 0.4) is 0 Å². The largest absolute Gasteiger partial charge is 0.370 e. The minimum absolute atomic E-state index is 0.218. The third kappa shape index (κ3) is 2.50. The molecule has 1 heterocycles. The summed E-state index contributed by atoms with van der Waals surface area (Å²) in [5, 5.41) is 0. The number of sulfonamides is 1. The molecule has 1 atom stereocenters. The Morgan fingerprint density at radius 1 is 1.28 bits per heavy atom. The molecule has 0 saturated carbocycles. The highest BCUT2D eigenvalue weighted by Gasteiger charge is 2.21. The third-order valence-corrected chi connectivity index (χ3v) is 5.03. The molecule has 1 fully saturated rings. The van der Waals surface area contributed by atoms with Crippen molar-refractivity contribution in [3.63, 3.8) is 0 Å². The maximum Gasteiger partial charge on any atom is 0.242 e. The van der Waals surface area contributed by atoms with Crippen LogP contribution in [0.2, 0.25) is 0 Å². The van der Waals surface area contributed by atoms with Crippen molar-refractivity contribution in [1.29, 1.82) is 0 Å². The van der Waals surface area contributed by atoms with Crippen molar-refractivity contribution >= 4 is 15.7 Å². The van der Waals surface area contributed by atoms with Gasteiger partial charge in [0.05, 0.1) is 4.90 Å². The second-order valence-electron chi connectivity index (χ2n) is 4.78. The summed E-state index contributed by atoms with van der Waals surface area (Å²) in [7, 11) is -0.277. The molecule has 2 N–H and O–H groups in total. The molecule has 1 aromatic rings. The van der Waals surface area contributed by atoms with E-state index >= 15 is 0 Å². The number of benzene rings is 1. The van der Waals surface area contributed by atoms with Crippen LogP contribution in [0.1, 0.15) is 6.42 Å². The zero-order chi connectivity index (χ0) is 13.3. The minimum Gasteiger partial charge on any atom is -0.370 e. The summed E-state index contributed by atoms with van der Waals surface area (Å²) in [5.74, 6) is 0. The first kappa shape index (κ1) is 13.3. The van der Waals surface area contributed by atoms with E-state index in [0.717, 1.165) is 25.2 Å². The predicted octanol–water partition coefficient (Wildman–Crippen LogP) is 0.474. The fraction of sp³-hybridized carbons (Fsp3) is 0.500. The lowest BCUT2D eigenvalue weighted by molar-refractivity contribution is 0.521. The van der Waals surface area contributed by atoms with E-state index < -0.39 is 10.0 Å². The van der Waals surface area contributed by atoms with Crippen LogP contribution in [0, 0.1) is 0 Å². The van der Waals surface area contributed by atoms with Crippen LogP contribution < -0.4 is 10.6 Å². The van der Waals surface area contributed by atoms with Gasteiger partial charge in [-0.2, -0.15) is 0 Å². The van der Waals surface area contributed by atoms with Gasteiger partial charge in [-0.1, -0.05) is 0 Å². The van der Waals surface area contributed by atoms with Crippen LogP contribution in [0.5, 0.6) is 0 Å². The van der Waals surface area contributed by atoms with Crippen molar-refractivity contribution in [3.05, 3.63) is 24.3 Å². The molecule has 1 aliphatic heterocycles. The van der Waals surface area contributed by atoms with E-state index in [-0.39, 0.29) is 6.04 Å². The molecule has 1 saturated heterocycles. The van der Waals surface area contributed by atoms with Gasteiger partial charge in [-0.15, -0.1) is 0 Å². The van der Waals surface area contributed by atoms with E-state index in [1.165, 1.54) is 18.4 Å². The number of anilines is 1. The molecule has 6 heteroatoms. The summed E-state index contributed by atoms with van der Waals surface area (Å²) in [5.41, 5.74) is 6.89. The minimum atomic E-state index is -3.34. The van der Waals surface area contributed by atoms with E-state index in [2.05, 4.69) is 4.90 Å². The smallest absolute Gasteiger partial charge is 0.242 e. The van der Waals surface area contributed by atoms with Gasteiger partial charge >= 0.3 is 0 Å². The lowest BCUT2D eigenvalue weighted by Gasteiger charge is -2.19. The predicted molar refractivity (Wildman–Crippen MR) is 72.1 cm³/mol. The van der Waals surface area contributed by atoms with Crippen molar-refractivity contribution in [2.24, 2.45) is 5.73 Å². The lowest BCUT2D eigenvalue weighted by atomic mass is 10.3. The molecule has 0 spiro atoms. The number of hydrogen-bond acceptors (Lipinski definition) is 4. The van der Waals surface area contributed by atoms with Gasteiger partial charge < -0.3 is 10.6 Å². The molecule has 0 aliphatic carbocycles. The van der Waals surface area contributed by atoms with Gasteiger partial charge in [-0.05, 0) is 30.7 Å². The second kappa shape index (κ2) is 4.87. The van der Waals surface area contributed by atoms with Gasteiger partial charge in [-0.3, -0.25) is 0 Å². The summed E-state index contributed by atoms with van der Waals surface area (Å²) in [6.45, 7) is 1.76. The van der Waals surface area contributed by atoms with Crippen molar-refractivity contribution in [2.75, 3.05) is 32.1 Å². The van der Waals surface area contributed by atoms with E-state index in [4.69, 9.17) is 5.73 Å². The average molecular weight is 269 g/mol. The molecular weight excluding hydrogens is 250 g/mol. The molecule has 1 aromatic carbocycles. The summed E-state index contributed by atoms with van der Waals surface area (Å²) >= 11 is 0. The van der Waals surface area contributed by atoms with E-state index in [1.54, 1.807) is 12.1 Å². The zero-order valence-corrected chi connectivity index (χ0v) is 11.5. The molecular formula is C12H19N3O2S. The number of hydrogen-bond donors (Lipinski definition) is 1. The summed E-state index contributed by atoms with van der Waals surface area (Å²) < 4.78 is 25.0. The Balaban J connectivity index is 2.21. The van der Waals surface area contributed by atoms with Gasteiger partial charge in [0.1, 0.15) is 0 Å². The first-order valence-electron chi connectivity index (χ1n) is 5.94. The Bertz CT molecular complexity index is 511. The molecule has 2 rings (SSSR count). The Labute approximate surface area is 108 Å². The third-order valence-electron chi connectivity index (χ3n) is 3.21. The Kier molecular flexibility index (Phi) is 3.61. The standard InChI is InChI=1S/C12H19N3O2S/c1-14(2)18(16,17)12-5-3-11(4-6-12)15-8-7-10(13)9-15/h3-6,10H,7-9,13H2,1-2H3. The first-order chi connectivity index (χ1) is 8.41. The Morgan fingerprint density at radius 3 is 2.33 bits per heavy atom. The number of nitrogens with two attached hydrogens (primary N) is 1. The van der Waals surface area contributed by atoms with E-state index in [9.17, 15) is 8.42 Å². The normalized spacial score (nSPS) is 20.7. The Hall–Kier alpha value is -1.11. The lowest BCUT2D eigenvalue weighted by Crippen LogP contribution is -2.26. The van der Waals surface area contributed by atoms with Crippen molar-refractivity contribution in [3.8, 4) is 0 Å². The molecule has 0 aromatic heterocycles. The first-order valence-corrected chi connectivity index (χ1v) is 7.38. The van der Waals surface area contributed by atoms with Gasteiger partial charge in [0.15, 0.2) is 0 Å². The molecule has 0 radical (unpaired) electrons. The van der Waals surface area contributed by atoms with Gasteiger partial charge in [0.2, 0.25) is 10.0 Å². The van der Waals surface area contributed by atoms with Gasteiger partial charge in [0, 0.05) is 38.9 Å². The topological polar surface area (TPSA) is 66.6 Å². The molecule has 18 heavy (non-hydrogen) atoms. The van der Waals surface area contributed by atoms with Crippen LogP contribution in [0.4, 0.5) is 5.69 Å². The van der Waals surface area contributed by atoms with Crippen molar-refractivity contribution in [2.45, 2.75) is 17.4 Å². The molecule has 0 amide bonds.